The van der Waals surface area contributed by atoms with E-state index in [1.807, 2.05) is 25.1 Å². The van der Waals surface area contributed by atoms with Gasteiger partial charge in [-0.2, -0.15) is 0 Å². The third-order valence-corrected chi connectivity index (χ3v) is 4.31. The van der Waals surface area contributed by atoms with Crippen LogP contribution < -0.4 is 11.1 Å². The number of rotatable bonds is 4. The van der Waals surface area contributed by atoms with Crippen molar-refractivity contribution in [2.45, 2.75) is 11.8 Å². The number of aromatic nitrogens is 1. The molecule has 0 atom stereocenters. The third kappa shape index (κ3) is 3.98. The summed E-state index contributed by atoms with van der Waals surface area (Å²) in [7, 11) is 0. The van der Waals surface area contributed by atoms with E-state index in [1.54, 1.807) is 18.5 Å². The fraction of sp³-hybridized carbons (Fsp3) is 0.143. The van der Waals surface area contributed by atoms with Gasteiger partial charge in [0.15, 0.2) is 0 Å². The fourth-order valence-corrected chi connectivity index (χ4v) is 2.90. The molecule has 6 heteroatoms. The standard InChI is InChI=1S/C14H14BrN3OS/c1-9-2-3-12(10(15)6-9)18-14(19)8-20-13-4-5-17-7-11(13)16/h2-7H,8,16H2,1H3,(H,18,19). The Balaban J connectivity index is 1.94. The van der Waals surface area contributed by atoms with Gasteiger partial charge in [0.25, 0.3) is 0 Å². The number of nitrogens with zero attached hydrogens (tertiary/aromatic N) is 1. The lowest BCUT2D eigenvalue weighted by atomic mass is 10.2. The summed E-state index contributed by atoms with van der Waals surface area (Å²) in [5.74, 6) is 0.227. The number of hydrogen-bond acceptors (Lipinski definition) is 4. The van der Waals surface area contributed by atoms with E-state index in [-0.39, 0.29) is 5.91 Å². The molecular formula is C14H14BrN3OS. The molecule has 0 bridgehead atoms. The zero-order valence-corrected chi connectivity index (χ0v) is 13.3. The zero-order chi connectivity index (χ0) is 14.5. The number of amides is 1. The van der Waals surface area contributed by atoms with E-state index < -0.39 is 0 Å². The van der Waals surface area contributed by atoms with E-state index in [0.29, 0.717) is 11.4 Å². The second-order valence-corrected chi connectivity index (χ2v) is 6.11. The molecule has 1 aromatic carbocycles. The summed E-state index contributed by atoms with van der Waals surface area (Å²) >= 11 is 4.82. The molecule has 4 nitrogen and oxygen atoms in total. The van der Waals surface area contributed by atoms with Crippen molar-refractivity contribution in [3.63, 3.8) is 0 Å². The molecule has 0 saturated carbocycles. The predicted octanol–water partition coefficient (Wildman–Crippen LogP) is 3.47. The topological polar surface area (TPSA) is 68.0 Å². The van der Waals surface area contributed by atoms with Crippen molar-refractivity contribution in [3.05, 3.63) is 46.7 Å². The van der Waals surface area contributed by atoms with Crippen LogP contribution in [0.4, 0.5) is 11.4 Å². The zero-order valence-electron chi connectivity index (χ0n) is 10.9. The van der Waals surface area contributed by atoms with Crippen molar-refractivity contribution < 1.29 is 4.79 Å². The molecule has 20 heavy (non-hydrogen) atoms. The molecule has 1 amide bonds. The smallest absolute Gasteiger partial charge is 0.234 e. The molecule has 0 aliphatic heterocycles. The summed E-state index contributed by atoms with van der Waals surface area (Å²) in [6, 6.07) is 7.59. The Morgan fingerprint density at radius 3 is 2.95 bits per heavy atom. The normalized spacial score (nSPS) is 10.3. The number of nitrogens with two attached hydrogens (primary N) is 1. The molecular weight excluding hydrogens is 338 g/mol. The van der Waals surface area contributed by atoms with Gasteiger partial charge in [0.05, 0.1) is 23.3 Å². The number of pyridine rings is 1. The molecule has 1 aromatic heterocycles. The molecule has 0 aliphatic carbocycles. The van der Waals surface area contributed by atoms with Crippen molar-refractivity contribution in [2.75, 3.05) is 16.8 Å². The number of benzene rings is 1. The van der Waals surface area contributed by atoms with E-state index >= 15 is 0 Å². The second-order valence-electron chi connectivity index (χ2n) is 4.23. The summed E-state index contributed by atoms with van der Waals surface area (Å²) in [5, 5.41) is 2.86. The molecule has 0 unspecified atom stereocenters. The molecule has 0 aliphatic rings. The van der Waals surface area contributed by atoms with E-state index in [0.717, 1.165) is 20.6 Å². The maximum atomic E-state index is 11.9. The maximum absolute atomic E-state index is 11.9. The highest BCUT2D eigenvalue weighted by atomic mass is 79.9. The number of carbonyl (C=O) groups is 1. The number of nitrogen functional groups attached to an aromatic ring is 1. The van der Waals surface area contributed by atoms with Gasteiger partial charge in [0.1, 0.15) is 0 Å². The van der Waals surface area contributed by atoms with E-state index in [4.69, 9.17) is 5.73 Å². The molecule has 1 heterocycles. The van der Waals surface area contributed by atoms with Crippen LogP contribution in [0.25, 0.3) is 0 Å². The average molecular weight is 352 g/mol. The van der Waals surface area contributed by atoms with Crippen LogP contribution in [0, 0.1) is 6.92 Å². The van der Waals surface area contributed by atoms with E-state index in [1.165, 1.54) is 11.8 Å². The fourth-order valence-electron chi connectivity index (χ4n) is 1.58. The average Bonchev–Trinajstić information content (AvgIpc) is 2.41. The Morgan fingerprint density at radius 1 is 1.45 bits per heavy atom. The van der Waals surface area contributed by atoms with Crippen LogP contribution in [-0.4, -0.2) is 16.6 Å². The molecule has 0 saturated heterocycles. The maximum Gasteiger partial charge on any atom is 0.234 e. The number of anilines is 2. The summed E-state index contributed by atoms with van der Waals surface area (Å²) in [6.45, 7) is 2.00. The lowest BCUT2D eigenvalue weighted by Crippen LogP contribution is -2.14. The van der Waals surface area contributed by atoms with Gasteiger partial charge in [0, 0.05) is 15.6 Å². The number of halogens is 1. The van der Waals surface area contributed by atoms with Crippen LogP contribution in [0.3, 0.4) is 0 Å². The summed E-state index contributed by atoms with van der Waals surface area (Å²) in [5.41, 5.74) is 8.26. The van der Waals surface area contributed by atoms with E-state index in [2.05, 4.69) is 26.2 Å². The van der Waals surface area contributed by atoms with Crippen molar-refractivity contribution in [1.29, 1.82) is 0 Å². The highest BCUT2D eigenvalue weighted by molar-refractivity contribution is 9.10. The van der Waals surface area contributed by atoms with Crippen molar-refractivity contribution >= 4 is 45.0 Å². The second kappa shape index (κ2) is 6.76. The highest BCUT2D eigenvalue weighted by Crippen LogP contribution is 2.26. The molecule has 0 spiro atoms. The van der Waals surface area contributed by atoms with Gasteiger partial charge in [-0.05, 0) is 46.6 Å². The molecule has 3 N–H and O–H groups in total. The lowest BCUT2D eigenvalue weighted by Gasteiger charge is -2.08. The van der Waals surface area contributed by atoms with Crippen LogP contribution in [0.2, 0.25) is 0 Å². The molecule has 104 valence electrons. The minimum absolute atomic E-state index is 0.0734. The first-order chi connectivity index (χ1) is 9.56. The quantitative estimate of drug-likeness (QED) is 0.827. The van der Waals surface area contributed by atoms with Crippen molar-refractivity contribution in [3.8, 4) is 0 Å². The number of aryl methyl sites for hydroxylation is 1. The van der Waals surface area contributed by atoms with Gasteiger partial charge in [-0.25, -0.2) is 0 Å². The van der Waals surface area contributed by atoms with Crippen molar-refractivity contribution in [2.24, 2.45) is 0 Å². The number of nitrogens with one attached hydrogen (secondary N) is 1. The minimum atomic E-state index is -0.0734. The van der Waals surface area contributed by atoms with Gasteiger partial charge in [0.2, 0.25) is 5.91 Å². The van der Waals surface area contributed by atoms with Crippen molar-refractivity contribution in [1.82, 2.24) is 4.98 Å². The van der Waals surface area contributed by atoms with Gasteiger partial charge < -0.3 is 11.1 Å². The van der Waals surface area contributed by atoms with Gasteiger partial charge in [-0.1, -0.05) is 6.07 Å². The Kier molecular flexibility index (Phi) is 5.03. The van der Waals surface area contributed by atoms with Gasteiger partial charge in [-0.15, -0.1) is 11.8 Å². The van der Waals surface area contributed by atoms with Crippen LogP contribution in [-0.2, 0) is 4.79 Å². The minimum Gasteiger partial charge on any atom is -0.397 e. The molecule has 0 fully saturated rings. The van der Waals surface area contributed by atoms with Crippen LogP contribution in [0.1, 0.15) is 5.56 Å². The highest BCUT2D eigenvalue weighted by Gasteiger charge is 2.07. The Bertz CT molecular complexity index is 634. The first-order valence-corrected chi connectivity index (χ1v) is 7.72. The van der Waals surface area contributed by atoms with E-state index in [9.17, 15) is 4.79 Å². The predicted molar refractivity (Wildman–Crippen MR) is 86.9 cm³/mol. The number of carbonyl (C=O) groups excluding carboxylic acids is 1. The third-order valence-electron chi connectivity index (χ3n) is 2.57. The first kappa shape index (κ1) is 14.9. The number of thioether (sulfide) groups is 1. The molecule has 0 radical (unpaired) electrons. The monoisotopic (exact) mass is 351 g/mol. The van der Waals surface area contributed by atoms with Crippen LogP contribution in [0.5, 0.6) is 0 Å². The Hall–Kier alpha value is -1.53. The molecule has 2 rings (SSSR count). The summed E-state index contributed by atoms with van der Waals surface area (Å²) < 4.78 is 0.874. The first-order valence-electron chi connectivity index (χ1n) is 5.94. The number of hydrogen-bond donors (Lipinski definition) is 2. The Labute approximate surface area is 130 Å². The lowest BCUT2D eigenvalue weighted by molar-refractivity contribution is -0.113. The van der Waals surface area contributed by atoms with Crippen LogP contribution in [0.15, 0.2) is 46.0 Å². The Morgan fingerprint density at radius 2 is 2.25 bits per heavy atom. The summed E-state index contributed by atoms with van der Waals surface area (Å²) in [4.78, 5) is 16.7. The summed E-state index contributed by atoms with van der Waals surface area (Å²) in [6.07, 6.45) is 3.24. The SMILES string of the molecule is Cc1ccc(NC(=O)CSc2ccncc2N)c(Br)c1. The van der Waals surface area contributed by atoms with Gasteiger partial charge in [-0.3, -0.25) is 9.78 Å². The van der Waals surface area contributed by atoms with Gasteiger partial charge >= 0.3 is 0 Å². The largest absolute Gasteiger partial charge is 0.397 e. The molecule has 2 aromatic rings. The van der Waals surface area contributed by atoms with Crippen LogP contribution >= 0.6 is 27.7 Å².